The Morgan fingerprint density at radius 2 is 1.70 bits per heavy atom. The number of piperidine rings is 1. The average molecular weight is 432 g/mol. The maximum atomic E-state index is 12.1. The van der Waals surface area contributed by atoms with Gasteiger partial charge in [-0.05, 0) is 69.1 Å². The molecule has 2 amide bonds. The van der Waals surface area contributed by atoms with Crippen LogP contribution < -0.4 is 20.7 Å². The second-order valence-corrected chi connectivity index (χ2v) is 7.41. The van der Waals surface area contributed by atoms with Crippen LogP contribution in [0.3, 0.4) is 0 Å². The van der Waals surface area contributed by atoms with Gasteiger partial charge in [0.05, 0.1) is 0 Å². The number of benzene rings is 2. The highest BCUT2D eigenvalue weighted by molar-refractivity contribution is 5.91. The summed E-state index contributed by atoms with van der Waals surface area (Å²) in [5.41, 5.74) is 3.02. The fraction of sp³-hybridized carbons (Fsp3) is 0.391. The first-order chi connectivity index (χ1) is 14.1. The lowest BCUT2D eigenvalue weighted by atomic mass is 9.97. The molecule has 7 heteroatoms. The summed E-state index contributed by atoms with van der Waals surface area (Å²) in [5, 5.41) is 9.11. The third-order valence-electron chi connectivity index (χ3n) is 5.05. The lowest BCUT2D eigenvalue weighted by molar-refractivity contribution is -0.125. The lowest BCUT2D eigenvalue weighted by Crippen LogP contribution is -2.38. The highest BCUT2D eigenvalue weighted by Crippen LogP contribution is 2.14. The van der Waals surface area contributed by atoms with E-state index in [1.54, 1.807) is 0 Å². The number of nitrogens with one attached hydrogen (secondary N) is 3. The minimum atomic E-state index is -0.196. The number of rotatable bonds is 8. The van der Waals surface area contributed by atoms with E-state index >= 15 is 0 Å². The molecule has 0 saturated carbocycles. The Kier molecular flexibility index (Phi) is 9.64. The van der Waals surface area contributed by atoms with E-state index in [0.29, 0.717) is 12.3 Å². The van der Waals surface area contributed by atoms with Gasteiger partial charge in [0.25, 0.3) is 5.91 Å². The van der Waals surface area contributed by atoms with Crippen LogP contribution in [-0.2, 0) is 16.0 Å². The molecule has 6 nitrogen and oxygen atoms in total. The van der Waals surface area contributed by atoms with Crippen molar-refractivity contribution >= 4 is 29.9 Å². The maximum Gasteiger partial charge on any atom is 0.262 e. The molecule has 1 heterocycles. The summed E-state index contributed by atoms with van der Waals surface area (Å²) < 4.78 is 5.55. The van der Waals surface area contributed by atoms with Crippen molar-refractivity contribution in [2.75, 3.05) is 31.6 Å². The first kappa shape index (κ1) is 23.7. The van der Waals surface area contributed by atoms with Crippen LogP contribution in [0.25, 0.3) is 0 Å². The van der Waals surface area contributed by atoms with Gasteiger partial charge in [-0.3, -0.25) is 9.59 Å². The summed E-state index contributed by atoms with van der Waals surface area (Å²) in [6.45, 7) is 4.42. The van der Waals surface area contributed by atoms with E-state index in [1.807, 2.05) is 55.5 Å². The number of carbonyl (C=O) groups excluding carboxylic acids is 2. The van der Waals surface area contributed by atoms with Gasteiger partial charge in [0, 0.05) is 18.2 Å². The first-order valence-corrected chi connectivity index (χ1v) is 10.2. The van der Waals surface area contributed by atoms with Crippen molar-refractivity contribution in [3.63, 3.8) is 0 Å². The SMILES string of the molecule is Cc1ccc(NC(=O)COc2ccc(CCNC(=O)C3CCNCC3)cc2)cc1.Cl. The zero-order chi connectivity index (χ0) is 20.5. The number of anilines is 1. The Morgan fingerprint density at radius 3 is 2.37 bits per heavy atom. The Hall–Kier alpha value is -2.57. The molecule has 30 heavy (non-hydrogen) atoms. The molecule has 0 aliphatic carbocycles. The Balaban J connectivity index is 0.00000320. The standard InChI is InChI=1S/C23H29N3O3.ClH/c1-17-2-6-20(7-3-17)26-22(27)16-29-21-8-4-18(5-9-21)10-15-25-23(28)19-11-13-24-14-12-19;/h2-9,19,24H,10-16H2,1H3,(H,25,28)(H,26,27);1H. The molecule has 0 bridgehead atoms. The van der Waals surface area contributed by atoms with Gasteiger partial charge in [-0.1, -0.05) is 29.8 Å². The Bertz CT molecular complexity index is 803. The molecule has 0 atom stereocenters. The number of amides is 2. The van der Waals surface area contributed by atoms with Crippen LogP contribution in [0.2, 0.25) is 0 Å². The zero-order valence-corrected chi connectivity index (χ0v) is 18.1. The minimum Gasteiger partial charge on any atom is -0.484 e. The molecule has 0 spiro atoms. The van der Waals surface area contributed by atoms with Crippen molar-refractivity contribution in [2.24, 2.45) is 5.92 Å². The molecule has 0 radical (unpaired) electrons. The van der Waals surface area contributed by atoms with Gasteiger partial charge in [-0.15, -0.1) is 12.4 Å². The lowest BCUT2D eigenvalue weighted by Gasteiger charge is -2.21. The molecule has 0 unspecified atom stereocenters. The van der Waals surface area contributed by atoms with Crippen LogP contribution in [0, 0.1) is 12.8 Å². The molecule has 1 aliphatic heterocycles. The predicted molar refractivity (Wildman–Crippen MR) is 121 cm³/mol. The minimum absolute atomic E-state index is 0. The van der Waals surface area contributed by atoms with E-state index in [0.717, 1.165) is 49.2 Å². The maximum absolute atomic E-state index is 12.1. The van der Waals surface area contributed by atoms with E-state index < -0.39 is 0 Å². The van der Waals surface area contributed by atoms with Gasteiger partial charge in [0.1, 0.15) is 5.75 Å². The number of carbonyl (C=O) groups is 2. The highest BCUT2D eigenvalue weighted by Gasteiger charge is 2.20. The van der Waals surface area contributed by atoms with Gasteiger partial charge >= 0.3 is 0 Å². The van der Waals surface area contributed by atoms with Crippen LogP contribution in [0.1, 0.15) is 24.0 Å². The average Bonchev–Trinajstić information content (AvgIpc) is 2.75. The van der Waals surface area contributed by atoms with Gasteiger partial charge in [-0.2, -0.15) is 0 Å². The molecule has 1 aliphatic rings. The number of halogens is 1. The fourth-order valence-electron chi connectivity index (χ4n) is 3.29. The second kappa shape index (κ2) is 12.2. The number of aryl methyl sites for hydroxylation is 1. The quantitative estimate of drug-likeness (QED) is 0.600. The van der Waals surface area contributed by atoms with Gasteiger partial charge in [0.2, 0.25) is 5.91 Å². The van der Waals surface area contributed by atoms with Crippen LogP contribution in [0.5, 0.6) is 5.75 Å². The third kappa shape index (κ3) is 7.69. The molecule has 3 N–H and O–H groups in total. The smallest absolute Gasteiger partial charge is 0.262 e. The van der Waals surface area contributed by atoms with Crippen molar-refractivity contribution in [3.05, 3.63) is 59.7 Å². The summed E-state index contributed by atoms with van der Waals surface area (Å²) in [6, 6.07) is 15.3. The summed E-state index contributed by atoms with van der Waals surface area (Å²) in [7, 11) is 0. The highest BCUT2D eigenvalue weighted by atomic mass is 35.5. The van der Waals surface area contributed by atoms with Gasteiger partial charge in [0.15, 0.2) is 6.61 Å². The fourth-order valence-corrected chi connectivity index (χ4v) is 3.29. The third-order valence-corrected chi connectivity index (χ3v) is 5.05. The number of hydrogen-bond donors (Lipinski definition) is 3. The van der Waals surface area contributed by atoms with Crippen LogP contribution >= 0.6 is 12.4 Å². The van der Waals surface area contributed by atoms with E-state index in [-0.39, 0.29) is 36.7 Å². The van der Waals surface area contributed by atoms with E-state index in [9.17, 15) is 9.59 Å². The summed E-state index contributed by atoms with van der Waals surface area (Å²) in [4.78, 5) is 24.1. The molecule has 162 valence electrons. The molecule has 3 rings (SSSR count). The van der Waals surface area contributed by atoms with Gasteiger partial charge in [-0.25, -0.2) is 0 Å². The number of ether oxygens (including phenoxy) is 1. The Morgan fingerprint density at radius 1 is 1.03 bits per heavy atom. The van der Waals surface area contributed by atoms with E-state index in [1.165, 1.54) is 0 Å². The van der Waals surface area contributed by atoms with Crippen LogP contribution in [0.4, 0.5) is 5.69 Å². The molecule has 2 aromatic rings. The topological polar surface area (TPSA) is 79.5 Å². The summed E-state index contributed by atoms with van der Waals surface area (Å²) >= 11 is 0. The summed E-state index contributed by atoms with van der Waals surface area (Å²) in [5.74, 6) is 0.745. The second-order valence-electron chi connectivity index (χ2n) is 7.41. The molecular formula is C23H30ClN3O3. The summed E-state index contributed by atoms with van der Waals surface area (Å²) in [6.07, 6.45) is 2.59. The molecule has 2 aromatic carbocycles. The molecule has 1 saturated heterocycles. The van der Waals surface area contributed by atoms with Crippen molar-refractivity contribution in [2.45, 2.75) is 26.2 Å². The first-order valence-electron chi connectivity index (χ1n) is 10.2. The van der Waals surface area contributed by atoms with Gasteiger partial charge < -0.3 is 20.7 Å². The zero-order valence-electron chi connectivity index (χ0n) is 17.3. The van der Waals surface area contributed by atoms with Crippen molar-refractivity contribution in [1.29, 1.82) is 0 Å². The van der Waals surface area contributed by atoms with Crippen molar-refractivity contribution in [1.82, 2.24) is 10.6 Å². The number of hydrogen-bond acceptors (Lipinski definition) is 4. The van der Waals surface area contributed by atoms with Crippen molar-refractivity contribution in [3.8, 4) is 5.75 Å². The largest absolute Gasteiger partial charge is 0.484 e. The van der Waals surface area contributed by atoms with Crippen molar-refractivity contribution < 1.29 is 14.3 Å². The van der Waals surface area contributed by atoms with Crippen LogP contribution in [0.15, 0.2) is 48.5 Å². The van der Waals surface area contributed by atoms with E-state index in [4.69, 9.17) is 4.74 Å². The normalized spacial score (nSPS) is 13.8. The Labute approximate surface area is 184 Å². The van der Waals surface area contributed by atoms with Crippen LogP contribution in [-0.4, -0.2) is 38.1 Å². The monoisotopic (exact) mass is 431 g/mol. The predicted octanol–water partition coefficient (Wildman–Crippen LogP) is 3.09. The molecule has 1 fully saturated rings. The molecule has 0 aromatic heterocycles. The van der Waals surface area contributed by atoms with E-state index in [2.05, 4.69) is 16.0 Å². The molecular weight excluding hydrogens is 402 g/mol.